The Kier molecular flexibility index (Phi) is 2.40. The van der Waals surface area contributed by atoms with Gasteiger partial charge in [0.2, 0.25) is 0 Å². The Balaban J connectivity index is 1.78. The Bertz CT molecular complexity index is 384. The molecule has 86 valence electrons. The van der Waals surface area contributed by atoms with E-state index < -0.39 is 0 Å². The van der Waals surface area contributed by atoms with E-state index in [-0.39, 0.29) is 0 Å². The van der Waals surface area contributed by atoms with Crippen LogP contribution in [-0.2, 0) is 6.42 Å². The molecular weight excluding hydrogens is 196 g/mol. The number of hydrogen-bond acceptors (Lipinski definition) is 2. The number of nitrogens with zero attached hydrogens (tertiary/aromatic N) is 1. The molecule has 1 aromatic rings. The lowest BCUT2D eigenvalue weighted by atomic mass is 10.1. The third-order valence-electron chi connectivity index (χ3n) is 3.98. The van der Waals surface area contributed by atoms with Crippen molar-refractivity contribution in [2.24, 2.45) is 11.7 Å². The molecule has 0 radical (unpaired) electrons. The molecule has 2 aliphatic rings. The smallest absolute Gasteiger partial charge is 0.0402 e. The molecule has 1 aromatic carbocycles. The fourth-order valence-corrected chi connectivity index (χ4v) is 2.81. The van der Waals surface area contributed by atoms with Crippen molar-refractivity contribution < 1.29 is 0 Å². The maximum Gasteiger partial charge on any atom is 0.0402 e. The van der Waals surface area contributed by atoms with Crippen LogP contribution in [0.25, 0.3) is 0 Å². The van der Waals surface area contributed by atoms with Crippen molar-refractivity contribution in [2.45, 2.75) is 38.3 Å². The van der Waals surface area contributed by atoms with Crippen LogP contribution in [0.4, 0.5) is 5.69 Å². The molecule has 0 saturated heterocycles. The molecule has 0 aromatic heterocycles. The standard InChI is InChI=1S/C14H20N2/c1-10-8-12-4-2-3-5-14(12)16(10)9-13(15)11-6-7-11/h2-5,10-11,13H,6-9,15H2,1H3. The van der Waals surface area contributed by atoms with Crippen LogP contribution in [0.1, 0.15) is 25.3 Å². The van der Waals surface area contributed by atoms with Crippen molar-refractivity contribution in [3.8, 4) is 0 Å². The summed E-state index contributed by atoms with van der Waals surface area (Å²) in [6.07, 6.45) is 3.85. The summed E-state index contributed by atoms with van der Waals surface area (Å²) in [7, 11) is 0. The first-order valence-electron chi connectivity index (χ1n) is 6.36. The topological polar surface area (TPSA) is 29.3 Å². The monoisotopic (exact) mass is 216 g/mol. The van der Waals surface area contributed by atoms with Crippen molar-refractivity contribution in [1.29, 1.82) is 0 Å². The minimum Gasteiger partial charge on any atom is -0.367 e. The molecule has 1 aliphatic heterocycles. The quantitative estimate of drug-likeness (QED) is 0.839. The van der Waals surface area contributed by atoms with Gasteiger partial charge in [0, 0.05) is 24.3 Å². The SMILES string of the molecule is CC1Cc2ccccc2N1CC(N)C1CC1. The van der Waals surface area contributed by atoms with Gasteiger partial charge >= 0.3 is 0 Å². The Morgan fingerprint density at radius 3 is 2.88 bits per heavy atom. The highest BCUT2D eigenvalue weighted by atomic mass is 15.2. The minimum atomic E-state index is 0.369. The number of fused-ring (bicyclic) bond motifs is 1. The Morgan fingerprint density at radius 2 is 2.12 bits per heavy atom. The predicted molar refractivity (Wildman–Crippen MR) is 67.7 cm³/mol. The summed E-state index contributed by atoms with van der Waals surface area (Å²) in [5.74, 6) is 0.792. The van der Waals surface area contributed by atoms with E-state index in [1.807, 2.05) is 0 Å². The molecule has 2 atom stereocenters. The summed E-state index contributed by atoms with van der Waals surface area (Å²) in [6, 6.07) is 9.73. The van der Waals surface area contributed by atoms with E-state index in [1.165, 1.54) is 30.5 Å². The van der Waals surface area contributed by atoms with E-state index >= 15 is 0 Å². The Labute approximate surface area is 97.4 Å². The van der Waals surface area contributed by atoms with Crippen LogP contribution >= 0.6 is 0 Å². The van der Waals surface area contributed by atoms with E-state index in [0.717, 1.165) is 12.5 Å². The van der Waals surface area contributed by atoms with Crippen LogP contribution in [-0.4, -0.2) is 18.6 Å². The van der Waals surface area contributed by atoms with Gasteiger partial charge in [-0.05, 0) is 43.7 Å². The first kappa shape index (κ1) is 10.2. The van der Waals surface area contributed by atoms with Gasteiger partial charge in [0.15, 0.2) is 0 Å². The second-order valence-electron chi connectivity index (χ2n) is 5.34. The van der Waals surface area contributed by atoms with Crippen molar-refractivity contribution >= 4 is 5.69 Å². The highest BCUT2D eigenvalue weighted by molar-refractivity contribution is 5.59. The molecule has 1 aliphatic carbocycles. The molecule has 2 heteroatoms. The number of hydrogen-bond donors (Lipinski definition) is 1. The van der Waals surface area contributed by atoms with E-state index in [4.69, 9.17) is 5.73 Å². The van der Waals surface area contributed by atoms with Crippen molar-refractivity contribution in [2.75, 3.05) is 11.4 Å². The van der Waals surface area contributed by atoms with Crippen LogP contribution in [0.2, 0.25) is 0 Å². The third-order valence-corrected chi connectivity index (χ3v) is 3.98. The molecule has 1 saturated carbocycles. The molecule has 2 nitrogen and oxygen atoms in total. The summed E-state index contributed by atoms with van der Waals surface area (Å²) < 4.78 is 0. The van der Waals surface area contributed by atoms with Crippen LogP contribution in [0.15, 0.2) is 24.3 Å². The molecule has 0 bridgehead atoms. The van der Waals surface area contributed by atoms with Gasteiger partial charge < -0.3 is 10.6 Å². The highest BCUT2D eigenvalue weighted by Gasteiger charge is 2.33. The van der Waals surface area contributed by atoms with E-state index in [2.05, 4.69) is 36.1 Å². The van der Waals surface area contributed by atoms with Crippen LogP contribution in [0, 0.1) is 5.92 Å². The van der Waals surface area contributed by atoms with Gasteiger partial charge in [-0.25, -0.2) is 0 Å². The summed E-state index contributed by atoms with van der Waals surface area (Å²) >= 11 is 0. The molecule has 1 heterocycles. The third kappa shape index (κ3) is 1.71. The maximum atomic E-state index is 6.24. The Hall–Kier alpha value is -1.02. The molecule has 0 spiro atoms. The second kappa shape index (κ2) is 3.77. The lowest BCUT2D eigenvalue weighted by Gasteiger charge is -2.28. The predicted octanol–water partition coefficient (Wildman–Crippen LogP) is 2.17. The lowest BCUT2D eigenvalue weighted by Crippen LogP contribution is -2.41. The fraction of sp³-hybridized carbons (Fsp3) is 0.571. The molecule has 0 amide bonds. The molecule has 1 fully saturated rings. The summed E-state index contributed by atoms with van der Waals surface area (Å²) in [6.45, 7) is 3.34. The number of anilines is 1. The zero-order chi connectivity index (χ0) is 11.1. The van der Waals surface area contributed by atoms with Gasteiger partial charge in [0.05, 0.1) is 0 Å². The second-order valence-corrected chi connectivity index (χ2v) is 5.34. The van der Waals surface area contributed by atoms with E-state index in [0.29, 0.717) is 12.1 Å². The zero-order valence-electron chi connectivity index (χ0n) is 9.89. The Morgan fingerprint density at radius 1 is 1.38 bits per heavy atom. The average Bonchev–Trinajstić information content (AvgIpc) is 3.06. The molecular formula is C14H20N2. The minimum absolute atomic E-state index is 0.369. The molecule has 16 heavy (non-hydrogen) atoms. The zero-order valence-corrected chi connectivity index (χ0v) is 9.89. The highest BCUT2D eigenvalue weighted by Crippen LogP contribution is 2.36. The average molecular weight is 216 g/mol. The van der Waals surface area contributed by atoms with Crippen LogP contribution in [0.3, 0.4) is 0 Å². The lowest BCUT2D eigenvalue weighted by molar-refractivity contribution is 0.546. The normalized spacial score (nSPS) is 25.6. The molecule has 2 unspecified atom stereocenters. The van der Waals surface area contributed by atoms with Gasteiger partial charge in [-0.2, -0.15) is 0 Å². The largest absolute Gasteiger partial charge is 0.367 e. The van der Waals surface area contributed by atoms with E-state index in [9.17, 15) is 0 Å². The number of benzene rings is 1. The first-order chi connectivity index (χ1) is 7.75. The molecule has 2 N–H and O–H groups in total. The van der Waals surface area contributed by atoms with Crippen molar-refractivity contribution in [3.05, 3.63) is 29.8 Å². The van der Waals surface area contributed by atoms with Gasteiger partial charge in [0.1, 0.15) is 0 Å². The number of rotatable bonds is 3. The number of nitrogens with two attached hydrogens (primary N) is 1. The fourth-order valence-electron chi connectivity index (χ4n) is 2.81. The summed E-state index contributed by atoms with van der Waals surface area (Å²) in [5, 5.41) is 0. The van der Waals surface area contributed by atoms with Gasteiger partial charge in [0.25, 0.3) is 0 Å². The number of para-hydroxylation sites is 1. The van der Waals surface area contributed by atoms with Gasteiger partial charge in [-0.15, -0.1) is 0 Å². The molecule has 3 rings (SSSR count). The van der Waals surface area contributed by atoms with Gasteiger partial charge in [-0.1, -0.05) is 18.2 Å². The van der Waals surface area contributed by atoms with Gasteiger partial charge in [-0.3, -0.25) is 0 Å². The van der Waals surface area contributed by atoms with E-state index in [1.54, 1.807) is 0 Å². The van der Waals surface area contributed by atoms with Crippen LogP contribution in [0.5, 0.6) is 0 Å². The summed E-state index contributed by atoms with van der Waals surface area (Å²) in [5.41, 5.74) is 9.13. The summed E-state index contributed by atoms with van der Waals surface area (Å²) in [4.78, 5) is 2.50. The maximum absolute atomic E-state index is 6.24. The first-order valence-corrected chi connectivity index (χ1v) is 6.36. The van der Waals surface area contributed by atoms with Crippen LogP contribution < -0.4 is 10.6 Å². The van der Waals surface area contributed by atoms with Crippen molar-refractivity contribution in [1.82, 2.24) is 0 Å². The van der Waals surface area contributed by atoms with Crippen molar-refractivity contribution in [3.63, 3.8) is 0 Å².